The molecule has 0 radical (unpaired) electrons. The molecule has 3 N–H and O–H groups in total. The summed E-state index contributed by atoms with van der Waals surface area (Å²) in [7, 11) is 1.97. The van der Waals surface area contributed by atoms with Gasteiger partial charge in [0.1, 0.15) is 0 Å². The first-order valence-electron chi connectivity index (χ1n) is 4.80. The summed E-state index contributed by atoms with van der Waals surface area (Å²) in [6.07, 6.45) is 2.99. The molecule has 0 aliphatic carbocycles. The molecule has 1 unspecified atom stereocenters. The van der Waals surface area contributed by atoms with Gasteiger partial charge in [-0.2, -0.15) is 0 Å². The van der Waals surface area contributed by atoms with Crippen LogP contribution in [0.15, 0.2) is 0 Å². The normalized spacial score (nSPS) is 13.2. The Hall–Kier alpha value is -0.120. The minimum absolute atomic E-state index is 0.149. The maximum Gasteiger partial charge on any atom is 0.0512 e. The van der Waals surface area contributed by atoms with Gasteiger partial charge in [-0.15, -0.1) is 0 Å². The highest BCUT2D eigenvalue weighted by Crippen LogP contribution is 1.92. The van der Waals surface area contributed by atoms with Crippen LogP contribution in [0.2, 0.25) is 0 Å². The fraction of sp³-hybridized carbons (Fsp3) is 1.00. The van der Waals surface area contributed by atoms with E-state index in [4.69, 9.17) is 5.11 Å². The van der Waals surface area contributed by atoms with Crippen molar-refractivity contribution >= 4 is 0 Å². The second-order valence-electron chi connectivity index (χ2n) is 3.20. The Morgan fingerprint density at radius 1 is 1.17 bits per heavy atom. The molecule has 0 spiro atoms. The van der Waals surface area contributed by atoms with Crippen molar-refractivity contribution in [3.8, 4) is 0 Å². The van der Waals surface area contributed by atoms with Crippen molar-refractivity contribution in [3.05, 3.63) is 0 Å². The van der Waals surface area contributed by atoms with Crippen LogP contribution in [-0.2, 0) is 0 Å². The lowest BCUT2D eigenvalue weighted by Gasteiger charge is -2.05. The van der Waals surface area contributed by atoms with Crippen LogP contribution < -0.4 is 10.6 Å². The van der Waals surface area contributed by atoms with Crippen LogP contribution in [0.4, 0.5) is 0 Å². The predicted molar refractivity (Wildman–Crippen MR) is 52.3 cm³/mol. The summed E-state index contributed by atoms with van der Waals surface area (Å²) in [5, 5.41) is 15.4. The Morgan fingerprint density at radius 3 is 2.42 bits per heavy atom. The highest BCUT2D eigenvalue weighted by molar-refractivity contribution is 4.52. The van der Waals surface area contributed by atoms with Crippen LogP contribution in [-0.4, -0.2) is 37.9 Å². The third kappa shape index (κ3) is 9.88. The fourth-order valence-corrected chi connectivity index (χ4v) is 1.04. The number of aliphatic hydroxyl groups is 1. The minimum atomic E-state index is -0.149. The molecule has 0 saturated carbocycles. The van der Waals surface area contributed by atoms with E-state index in [1.54, 1.807) is 0 Å². The zero-order chi connectivity index (χ0) is 9.23. The highest BCUT2D eigenvalue weighted by atomic mass is 16.3. The first-order chi connectivity index (χ1) is 5.77. The summed E-state index contributed by atoms with van der Waals surface area (Å²) >= 11 is 0. The summed E-state index contributed by atoms with van der Waals surface area (Å²) in [5.74, 6) is 0. The molecule has 3 nitrogen and oxygen atoms in total. The topological polar surface area (TPSA) is 44.3 Å². The van der Waals surface area contributed by atoms with Gasteiger partial charge in [0, 0.05) is 0 Å². The lowest BCUT2D eigenvalue weighted by molar-refractivity contribution is 0.181. The van der Waals surface area contributed by atoms with Crippen molar-refractivity contribution in [3.63, 3.8) is 0 Å². The number of nitrogens with one attached hydrogen (secondary N) is 2. The van der Waals surface area contributed by atoms with Gasteiger partial charge in [0.2, 0.25) is 0 Å². The van der Waals surface area contributed by atoms with E-state index in [1.807, 2.05) is 14.0 Å². The van der Waals surface area contributed by atoms with Crippen molar-refractivity contribution in [2.45, 2.75) is 32.3 Å². The molecule has 0 aliphatic heterocycles. The van der Waals surface area contributed by atoms with Crippen molar-refractivity contribution in [1.82, 2.24) is 10.6 Å². The zero-order valence-corrected chi connectivity index (χ0v) is 8.27. The second kappa shape index (κ2) is 8.97. The standard InChI is InChI=1S/C9H22N2O/c1-9(12)5-3-7-11-8-4-6-10-2/h9-12H,3-8H2,1-2H3. The van der Waals surface area contributed by atoms with E-state index < -0.39 is 0 Å². The summed E-state index contributed by atoms with van der Waals surface area (Å²) in [6, 6.07) is 0. The molecular formula is C9H22N2O. The van der Waals surface area contributed by atoms with E-state index in [2.05, 4.69) is 10.6 Å². The Morgan fingerprint density at radius 2 is 1.83 bits per heavy atom. The van der Waals surface area contributed by atoms with Crippen LogP contribution in [0.1, 0.15) is 26.2 Å². The second-order valence-corrected chi connectivity index (χ2v) is 3.20. The first kappa shape index (κ1) is 11.9. The van der Waals surface area contributed by atoms with E-state index in [1.165, 1.54) is 6.42 Å². The van der Waals surface area contributed by atoms with Gasteiger partial charge in [0.15, 0.2) is 0 Å². The first-order valence-corrected chi connectivity index (χ1v) is 4.80. The summed E-state index contributed by atoms with van der Waals surface area (Å²) in [6.45, 7) is 5.00. The molecule has 0 fully saturated rings. The van der Waals surface area contributed by atoms with Gasteiger partial charge in [0.25, 0.3) is 0 Å². The SMILES string of the molecule is CNCCCNCCCC(C)O. The molecule has 0 aliphatic rings. The molecular weight excluding hydrogens is 152 g/mol. The molecule has 0 bridgehead atoms. The largest absolute Gasteiger partial charge is 0.393 e. The summed E-state index contributed by atoms with van der Waals surface area (Å²) in [5.41, 5.74) is 0. The van der Waals surface area contributed by atoms with Gasteiger partial charge < -0.3 is 15.7 Å². The van der Waals surface area contributed by atoms with Crippen molar-refractivity contribution in [2.75, 3.05) is 26.7 Å². The van der Waals surface area contributed by atoms with Crippen molar-refractivity contribution in [2.24, 2.45) is 0 Å². The molecule has 0 heterocycles. The summed E-state index contributed by atoms with van der Waals surface area (Å²) in [4.78, 5) is 0. The Kier molecular flexibility index (Phi) is 8.88. The number of aliphatic hydroxyl groups excluding tert-OH is 1. The van der Waals surface area contributed by atoms with Crippen LogP contribution in [0, 0.1) is 0 Å². The maximum atomic E-state index is 8.96. The fourth-order valence-electron chi connectivity index (χ4n) is 1.04. The number of hydrogen-bond donors (Lipinski definition) is 3. The van der Waals surface area contributed by atoms with E-state index in [-0.39, 0.29) is 6.10 Å². The van der Waals surface area contributed by atoms with Crippen molar-refractivity contribution < 1.29 is 5.11 Å². The van der Waals surface area contributed by atoms with Crippen LogP contribution in [0.5, 0.6) is 0 Å². The maximum absolute atomic E-state index is 8.96. The smallest absolute Gasteiger partial charge is 0.0512 e. The number of hydrogen-bond acceptors (Lipinski definition) is 3. The average Bonchev–Trinajstić information content (AvgIpc) is 2.02. The molecule has 0 aromatic heterocycles. The Balaban J connectivity index is 2.82. The van der Waals surface area contributed by atoms with Gasteiger partial charge in [0.05, 0.1) is 6.10 Å². The van der Waals surface area contributed by atoms with Crippen molar-refractivity contribution in [1.29, 1.82) is 0 Å². The van der Waals surface area contributed by atoms with E-state index in [9.17, 15) is 0 Å². The number of rotatable bonds is 8. The molecule has 0 saturated heterocycles. The zero-order valence-electron chi connectivity index (χ0n) is 8.27. The van der Waals surface area contributed by atoms with E-state index >= 15 is 0 Å². The molecule has 0 aromatic rings. The minimum Gasteiger partial charge on any atom is -0.393 e. The Labute approximate surface area is 75.6 Å². The molecule has 0 aromatic carbocycles. The lowest BCUT2D eigenvalue weighted by Crippen LogP contribution is -2.21. The third-order valence-corrected chi connectivity index (χ3v) is 1.76. The quantitative estimate of drug-likeness (QED) is 0.465. The molecule has 74 valence electrons. The highest BCUT2D eigenvalue weighted by Gasteiger charge is 1.93. The summed E-state index contributed by atoms with van der Waals surface area (Å²) < 4.78 is 0. The molecule has 0 rings (SSSR count). The van der Waals surface area contributed by atoms with Crippen LogP contribution in [0.3, 0.4) is 0 Å². The van der Waals surface area contributed by atoms with Crippen LogP contribution >= 0.6 is 0 Å². The van der Waals surface area contributed by atoms with E-state index in [0.717, 1.165) is 32.5 Å². The third-order valence-electron chi connectivity index (χ3n) is 1.76. The van der Waals surface area contributed by atoms with Gasteiger partial charge in [-0.3, -0.25) is 0 Å². The monoisotopic (exact) mass is 174 g/mol. The lowest BCUT2D eigenvalue weighted by atomic mass is 10.2. The molecule has 0 amide bonds. The molecule has 3 heteroatoms. The van der Waals surface area contributed by atoms with Gasteiger partial charge >= 0.3 is 0 Å². The van der Waals surface area contributed by atoms with E-state index in [0.29, 0.717) is 0 Å². The van der Waals surface area contributed by atoms with Gasteiger partial charge in [-0.05, 0) is 52.9 Å². The average molecular weight is 174 g/mol. The Bertz CT molecular complexity index is 86.6. The van der Waals surface area contributed by atoms with Gasteiger partial charge in [-0.25, -0.2) is 0 Å². The van der Waals surface area contributed by atoms with Gasteiger partial charge in [-0.1, -0.05) is 0 Å². The molecule has 12 heavy (non-hydrogen) atoms. The molecule has 1 atom stereocenters. The van der Waals surface area contributed by atoms with Crippen LogP contribution in [0.25, 0.3) is 0 Å². The predicted octanol–water partition coefficient (Wildman–Crippen LogP) is 0.346.